The van der Waals surface area contributed by atoms with Gasteiger partial charge in [0.15, 0.2) is 5.96 Å². The highest BCUT2D eigenvalue weighted by Crippen LogP contribution is 2.18. The van der Waals surface area contributed by atoms with Crippen LogP contribution in [0.4, 0.5) is 5.82 Å². The number of rotatable bonds is 7. The predicted molar refractivity (Wildman–Crippen MR) is 135 cm³/mol. The summed E-state index contributed by atoms with van der Waals surface area (Å²) in [4.78, 5) is 14.2. The van der Waals surface area contributed by atoms with Crippen LogP contribution in [0.2, 0.25) is 0 Å². The largest absolute Gasteiger partial charge is 0.393 e. The molecular formula is C22H39IN6O. The molecule has 0 saturated carbocycles. The molecular weight excluding hydrogens is 491 g/mol. The fraction of sp³-hybridized carbons (Fsp3) is 0.727. The number of pyridine rings is 1. The molecule has 2 fully saturated rings. The summed E-state index contributed by atoms with van der Waals surface area (Å²) in [6, 6.07) is 4.71. The third kappa shape index (κ3) is 8.19. The second-order valence-corrected chi connectivity index (χ2v) is 8.29. The lowest BCUT2D eigenvalue weighted by Crippen LogP contribution is -2.49. The summed E-state index contributed by atoms with van der Waals surface area (Å²) in [5.41, 5.74) is 1.20. The van der Waals surface area contributed by atoms with Gasteiger partial charge in [-0.15, -0.1) is 24.0 Å². The first-order valence-corrected chi connectivity index (χ1v) is 11.3. The smallest absolute Gasteiger partial charge is 0.191 e. The average molecular weight is 530 g/mol. The van der Waals surface area contributed by atoms with E-state index < -0.39 is 0 Å². The van der Waals surface area contributed by atoms with Gasteiger partial charge >= 0.3 is 0 Å². The number of nitrogens with zero attached hydrogens (tertiary/aromatic N) is 4. The molecule has 3 rings (SSSR count). The quantitative estimate of drug-likeness (QED) is 0.218. The van der Waals surface area contributed by atoms with Gasteiger partial charge in [0.1, 0.15) is 5.82 Å². The molecule has 3 N–H and O–H groups in total. The number of halogens is 1. The maximum atomic E-state index is 9.61. The van der Waals surface area contributed by atoms with Crippen molar-refractivity contribution in [1.82, 2.24) is 20.5 Å². The maximum absolute atomic E-state index is 9.61. The molecule has 30 heavy (non-hydrogen) atoms. The number of aryl methyl sites for hydroxylation is 1. The first-order valence-electron chi connectivity index (χ1n) is 11.3. The van der Waals surface area contributed by atoms with Crippen LogP contribution in [0.25, 0.3) is 0 Å². The first-order chi connectivity index (χ1) is 14.1. The number of piperidine rings is 2. The topological polar surface area (TPSA) is 76.0 Å². The van der Waals surface area contributed by atoms with Crippen molar-refractivity contribution in [3.63, 3.8) is 0 Å². The Labute approximate surface area is 198 Å². The van der Waals surface area contributed by atoms with E-state index >= 15 is 0 Å². The third-order valence-electron chi connectivity index (χ3n) is 5.86. The van der Waals surface area contributed by atoms with Crippen molar-refractivity contribution in [3.05, 3.63) is 23.9 Å². The van der Waals surface area contributed by atoms with Gasteiger partial charge < -0.3 is 25.5 Å². The first kappa shape index (κ1) is 25.1. The van der Waals surface area contributed by atoms with Crippen molar-refractivity contribution in [2.45, 2.75) is 58.1 Å². The van der Waals surface area contributed by atoms with Gasteiger partial charge in [-0.1, -0.05) is 6.07 Å². The van der Waals surface area contributed by atoms with Crippen LogP contribution in [-0.4, -0.2) is 78.9 Å². The predicted octanol–water partition coefficient (Wildman–Crippen LogP) is 2.38. The zero-order valence-corrected chi connectivity index (χ0v) is 20.8. The molecule has 170 valence electrons. The number of hydrogen-bond acceptors (Lipinski definition) is 5. The van der Waals surface area contributed by atoms with Gasteiger partial charge in [-0.25, -0.2) is 4.98 Å². The summed E-state index contributed by atoms with van der Waals surface area (Å²) in [5.74, 6) is 2.02. The van der Waals surface area contributed by atoms with E-state index in [1.807, 2.05) is 6.20 Å². The number of nitrogens with one attached hydrogen (secondary N) is 2. The zero-order valence-electron chi connectivity index (χ0n) is 18.5. The van der Waals surface area contributed by atoms with E-state index in [1.165, 1.54) is 5.56 Å². The Morgan fingerprint density at radius 1 is 1.17 bits per heavy atom. The minimum atomic E-state index is -0.0953. The second kappa shape index (κ2) is 13.3. The van der Waals surface area contributed by atoms with Gasteiger partial charge in [0.2, 0.25) is 0 Å². The van der Waals surface area contributed by atoms with Crippen LogP contribution in [0.1, 0.15) is 44.6 Å². The van der Waals surface area contributed by atoms with Crippen molar-refractivity contribution in [2.75, 3.05) is 50.7 Å². The molecule has 8 heteroatoms. The van der Waals surface area contributed by atoms with E-state index in [9.17, 15) is 5.11 Å². The molecule has 0 amide bonds. The summed E-state index contributed by atoms with van der Waals surface area (Å²) in [5, 5.41) is 16.6. The molecule has 0 atom stereocenters. The molecule has 0 aromatic carbocycles. The Morgan fingerprint density at radius 2 is 1.90 bits per heavy atom. The number of aliphatic imine (C=N–C) groups is 1. The third-order valence-corrected chi connectivity index (χ3v) is 5.86. The molecule has 0 radical (unpaired) electrons. The van der Waals surface area contributed by atoms with E-state index in [-0.39, 0.29) is 30.1 Å². The number of likely N-dealkylation sites (tertiary alicyclic amines) is 1. The number of aromatic nitrogens is 1. The van der Waals surface area contributed by atoms with Crippen LogP contribution in [0.15, 0.2) is 23.3 Å². The monoisotopic (exact) mass is 530 g/mol. The van der Waals surface area contributed by atoms with Crippen LogP contribution in [0.5, 0.6) is 0 Å². The molecule has 1 aromatic heterocycles. The van der Waals surface area contributed by atoms with E-state index in [4.69, 9.17) is 4.99 Å². The highest BCUT2D eigenvalue weighted by Gasteiger charge is 2.21. The van der Waals surface area contributed by atoms with Gasteiger partial charge in [0.05, 0.1) is 6.10 Å². The Bertz CT molecular complexity index is 625. The molecule has 0 bridgehead atoms. The molecule has 0 spiro atoms. The van der Waals surface area contributed by atoms with Gasteiger partial charge in [0, 0.05) is 51.5 Å². The van der Waals surface area contributed by atoms with Crippen molar-refractivity contribution in [2.24, 2.45) is 4.99 Å². The second-order valence-electron chi connectivity index (χ2n) is 8.29. The van der Waals surface area contributed by atoms with Gasteiger partial charge in [-0.2, -0.15) is 0 Å². The lowest BCUT2D eigenvalue weighted by Gasteiger charge is -2.34. The summed E-state index contributed by atoms with van der Waals surface area (Å²) >= 11 is 0. The zero-order chi connectivity index (χ0) is 20.5. The Morgan fingerprint density at radius 3 is 2.53 bits per heavy atom. The average Bonchev–Trinajstić information content (AvgIpc) is 2.74. The molecule has 1 aromatic rings. The molecule has 2 aliphatic rings. The Hall–Kier alpha value is -1.13. The Kier molecular flexibility index (Phi) is 11.2. The van der Waals surface area contributed by atoms with Crippen molar-refractivity contribution < 1.29 is 5.11 Å². The minimum absolute atomic E-state index is 0. The summed E-state index contributed by atoms with van der Waals surface area (Å²) in [6.07, 6.45) is 6.91. The van der Waals surface area contributed by atoms with Crippen LogP contribution >= 0.6 is 24.0 Å². The molecule has 7 nitrogen and oxygen atoms in total. The fourth-order valence-electron chi connectivity index (χ4n) is 4.04. The van der Waals surface area contributed by atoms with Crippen LogP contribution in [-0.2, 0) is 0 Å². The molecule has 0 aliphatic carbocycles. The van der Waals surface area contributed by atoms with Gasteiger partial charge in [0.25, 0.3) is 0 Å². The lowest BCUT2D eigenvalue weighted by atomic mass is 10.1. The van der Waals surface area contributed by atoms with Crippen molar-refractivity contribution in [1.29, 1.82) is 0 Å². The maximum Gasteiger partial charge on any atom is 0.191 e. The van der Waals surface area contributed by atoms with Crippen LogP contribution in [0.3, 0.4) is 0 Å². The van der Waals surface area contributed by atoms with Gasteiger partial charge in [-0.05, 0) is 64.1 Å². The summed E-state index contributed by atoms with van der Waals surface area (Å²) < 4.78 is 0. The highest BCUT2D eigenvalue weighted by atomic mass is 127. The van der Waals surface area contributed by atoms with E-state index in [2.05, 4.69) is 51.4 Å². The Balaban J connectivity index is 0.00000320. The summed E-state index contributed by atoms with van der Waals surface area (Å²) in [6.45, 7) is 11.0. The normalized spacial score (nSPS) is 19.4. The SMILES string of the molecule is CCNC(=NCCCN1CCC(O)CC1)NC1CCN(c2ccc(C)cn2)CC1.I. The standard InChI is InChI=1S/C22H38N6O.HI/c1-3-23-22(24-11-4-12-27-13-9-20(29)10-14-27)26-19-7-15-28(16-8-19)21-6-5-18(2)17-25-21;/h5-6,17,19-20,29H,3-4,7-16H2,1-2H3,(H2,23,24,26);1H. The lowest BCUT2D eigenvalue weighted by molar-refractivity contribution is 0.0824. The molecule has 0 unspecified atom stereocenters. The molecule has 3 heterocycles. The van der Waals surface area contributed by atoms with Crippen LogP contribution in [0, 0.1) is 6.92 Å². The van der Waals surface area contributed by atoms with E-state index in [0.717, 1.165) is 89.7 Å². The van der Waals surface area contributed by atoms with E-state index in [1.54, 1.807) is 0 Å². The minimum Gasteiger partial charge on any atom is -0.393 e. The van der Waals surface area contributed by atoms with Crippen LogP contribution < -0.4 is 15.5 Å². The highest BCUT2D eigenvalue weighted by molar-refractivity contribution is 14.0. The van der Waals surface area contributed by atoms with E-state index in [0.29, 0.717) is 6.04 Å². The number of guanidine groups is 1. The number of anilines is 1. The summed E-state index contributed by atoms with van der Waals surface area (Å²) in [7, 11) is 0. The van der Waals surface area contributed by atoms with Crippen molar-refractivity contribution >= 4 is 35.8 Å². The van der Waals surface area contributed by atoms with Crippen molar-refractivity contribution in [3.8, 4) is 0 Å². The fourth-order valence-corrected chi connectivity index (χ4v) is 4.04. The number of aliphatic hydroxyl groups is 1. The molecule has 2 aliphatic heterocycles. The number of hydrogen-bond donors (Lipinski definition) is 3. The van der Waals surface area contributed by atoms with Gasteiger partial charge in [-0.3, -0.25) is 4.99 Å². The number of aliphatic hydroxyl groups excluding tert-OH is 1. The molecule has 2 saturated heterocycles.